The Kier molecular flexibility index (Phi) is 5.71. The number of anilines is 2. The van der Waals surface area contributed by atoms with Crippen LogP contribution in [0.3, 0.4) is 0 Å². The minimum atomic E-state index is -0.601. The summed E-state index contributed by atoms with van der Waals surface area (Å²) in [6.07, 6.45) is -0.0144. The van der Waals surface area contributed by atoms with Crippen LogP contribution < -0.4 is 15.4 Å². The number of fused-ring (bicyclic) bond motifs is 1. The molecule has 0 fully saturated rings. The lowest BCUT2D eigenvalue weighted by molar-refractivity contribution is -0.125. The molecule has 2 amide bonds. The summed E-state index contributed by atoms with van der Waals surface area (Å²) in [6, 6.07) is 13.5. The first-order valence-corrected chi connectivity index (χ1v) is 8.66. The SMILES string of the molecule is CCOC(=O)c1ccc(NC(=O)CC2COc3ccccc3NC2=O)cc1. The van der Waals surface area contributed by atoms with Gasteiger partial charge in [-0.3, -0.25) is 9.59 Å². The van der Waals surface area contributed by atoms with Gasteiger partial charge in [0, 0.05) is 12.1 Å². The standard InChI is InChI=1S/C20H20N2O5/c1-2-26-20(25)13-7-9-15(10-8-13)21-18(23)11-14-12-27-17-6-4-3-5-16(17)22-19(14)24/h3-10,14H,2,11-12H2,1H3,(H,21,23)(H,22,24). The first-order chi connectivity index (χ1) is 13.1. The highest BCUT2D eigenvalue weighted by molar-refractivity contribution is 5.99. The third kappa shape index (κ3) is 4.63. The quantitative estimate of drug-likeness (QED) is 0.792. The minimum absolute atomic E-state index is 0.0144. The highest BCUT2D eigenvalue weighted by atomic mass is 16.5. The molecular formula is C20H20N2O5. The van der Waals surface area contributed by atoms with Crippen molar-refractivity contribution in [2.45, 2.75) is 13.3 Å². The van der Waals surface area contributed by atoms with Crippen molar-refractivity contribution in [2.75, 3.05) is 23.8 Å². The van der Waals surface area contributed by atoms with E-state index in [1.807, 2.05) is 6.07 Å². The summed E-state index contributed by atoms with van der Waals surface area (Å²) >= 11 is 0. The second-order valence-electron chi connectivity index (χ2n) is 6.04. The van der Waals surface area contributed by atoms with Crippen LogP contribution in [0.2, 0.25) is 0 Å². The van der Waals surface area contributed by atoms with Gasteiger partial charge in [-0.15, -0.1) is 0 Å². The molecule has 3 rings (SSSR count). The fourth-order valence-electron chi connectivity index (χ4n) is 2.69. The maximum atomic E-state index is 12.3. The third-order valence-electron chi connectivity index (χ3n) is 4.07. The van der Waals surface area contributed by atoms with E-state index in [2.05, 4.69) is 10.6 Å². The number of carbonyl (C=O) groups is 3. The molecule has 27 heavy (non-hydrogen) atoms. The smallest absolute Gasteiger partial charge is 0.338 e. The van der Waals surface area contributed by atoms with Crippen molar-refractivity contribution in [1.82, 2.24) is 0 Å². The maximum Gasteiger partial charge on any atom is 0.338 e. The van der Waals surface area contributed by atoms with Crippen molar-refractivity contribution in [1.29, 1.82) is 0 Å². The number of hydrogen-bond donors (Lipinski definition) is 2. The predicted molar refractivity (Wildman–Crippen MR) is 99.7 cm³/mol. The van der Waals surface area contributed by atoms with Crippen LogP contribution in [-0.2, 0) is 14.3 Å². The molecule has 1 heterocycles. The molecule has 7 heteroatoms. The molecule has 0 radical (unpaired) electrons. The molecule has 2 aromatic rings. The third-order valence-corrected chi connectivity index (χ3v) is 4.07. The molecule has 1 aliphatic heterocycles. The average Bonchev–Trinajstić information content (AvgIpc) is 2.81. The van der Waals surface area contributed by atoms with Crippen molar-refractivity contribution in [3.05, 3.63) is 54.1 Å². The van der Waals surface area contributed by atoms with Gasteiger partial charge in [-0.05, 0) is 43.3 Å². The van der Waals surface area contributed by atoms with Gasteiger partial charge in [0.2, 0.25) is 11.8 Å². The zero-order chi connectivity index (χ0) is 19.2. The summed E-state index contributed by atoms with van der Waals surface area (Å²) in [4.78, 5) is 36.3. The number of rotatable bonds is 5. The van der Waals surface area contributed by atoms with Crippen molar-refractivity contribution in [3.63, 3.8) is 0 Å². The topological polar surface area (TPSA) is 93.7 Å². The first kappa shape index (κ1) is 18.4. The largest absolute Gasteiger partial charge is 0.491 e. The molecule has 1 atom stereocenters. The lowest BCUT2D eigenvalue weighted by Gasteiger charge is -2.13. The summed E-state index contributed by atoms with van der Waals surface area (Å²) in [7, 11) is 0. The van der Waals surface area contributed by atoms with Crippen LogP contribution in [0.25, 0.3) is 0 Å². The lowest BCUT2D eigenvalue weighted by Crippen LogP contribution is -2.29. The maximum absolute atomic E-state index is 12.3. The molecule has 0 aliphatic carbocycles. The van der Waals surface area contributed by atoms with Crippen LogP contribution in [-0.4, -0.2) is 31.0 Å². The van der Waals surface area contributed by atoms with Crippen LogP contribution in [0.5, 0.6) is 5.75 Å². The van der Waals surface area contributed by atoms with Crippen molar-refractivity contribution in [2.24, 2.45) is 5.92 Å². The zero-order valence-corrected chi connectivity index (χ0v) is 14.9. The van der Waals surface area contributed by atoms with Gasteiger partial charge in [0.15, 0.2) is 0 Å². The number of para-hydroxylation sites is 2. The Hall–Kier alpha value is -3.35. The van der Waals surface area contributed by atoms with Gasteiger partial charge >= 0.3 is 5.97 Å². The summed E-state index contributed by atoms with van der Waals surface area (Å²) in [5.41, 5.74) is 1.54. The van der Waals surface area contributed by atoms with E-state index in [1.165, 1.54) is 0 Å². The van der Waals surface area contributed by atoms with E-state index in [1.54, 1.807) is 49.4 Å². The molecular weight excluding hydrogens is 348 g/mol. The second kappa shape index (κ2) is 8.35. The van der Waals surface area contributed by atoms with E-state index in [4.69, 9.17) is 9.47 Å². The van der Waals surface area contributed by atoms with Gasteiger partial charge in [0.05, 0.1) is 23.8 Å². The first-order valence-electron chi connectivity index (χ1n) is 8.66. The number of hydrogen-bond acceptors (Lipinski definition) is 5. The second-order valence-corrected chi connectivity index (χ2v) is 6.04. The van der Waals surface area contributed by atoms with Crippen molar-refractivity contribution < 1.29 is 23.9 Å². The summed E-state index contributed by atoms with van der Waals surface area (Å²) < 4.78 is 10.5. The summed E-state index contributed by atoms with van der Waals surface area (Å²) in [6.45, 7) is 2.16. The van der Waals surface area contributed by atoms with Crippen LogP contribution in [0, 0.1) is 5.92 Å². The Morgan fingerprint density at radius 2 is 1.93 bits per heavy atom. The van der Waals surface area contributed by atoms with Gasteiger partial charge < -0.3 is 20.1 Å². The fourth-order valence-corrected chi connectivity index (χ4v) is 2.69. The Morgan fingerprint density at radius 3 is 2.67 bits per heavy atom. The van der Waals surface area contributed by atoms with E-state index in [-0.39, 0.29) is 24.8 Å². The summed E-state index contributed by atoms with van der Waals surface area (Å²) in [5.74, 6) is -0.997. The number of ether oxygens (including phenoxy) is 2. The van der Waals surface area contributed by atoms with E-state index >= 15 is 0 Å². The molecule has 0 bridgehead atoms. The number of carbonyl (C=O) groups excluding carboxylic acids is 3. The highest BCUT2D eigenvalue weighted by Gasteiger charge is 2.27. The van der Waals surface area contributed by atoms with Crippen LogP contribution in [0.15, 0.2) is 48.5 Å². The van der Waals surface area contributed by atoms with Gasteiger partial charge in [0.25, 0.3) is 0 Å². The monoisotopic (exact) mass is 368 g/mol. The Bertz CT molecular complexity index is 848. The highest BCUT2D eigenvalue weighted by Crippen LogP contribution is 2.28. The molecule has 140 valence electrons. The van der Waals surface area contributed by atoms with Gasteiger partial charge in [-0.25, -0.2) is 4.79 Å². The molecule has 0 aromatic heterocycles. The molecule has 7 nitrogen and oxygen atoms in total. The van der Waals surface area contributed by atoms with Crippen LogP contribution in [0.4, 0.5) is 11.4 Å². The predicted octanol–water partition coefficient (Wildman–Crippen LogP) is 2.84. The number of nitrogens with one attached hydrogen (secondary N) is 2. The van der Waals surface area contributed by atoms with Gasteiger partial charge in [-0.2, -0.15) is 0 Å². The van der Waals surface area contributed by atoms with E-state index in [9.17, 15) is 14.4 Å². The minimum Gasteiger partial charge on any atom is -0.491 e. The normalized spacial score (nSPS) is 15.6. The molecule has 0 saturated carbocycles. The molecule has 2 N–H and O–H groups in total. The molecule has 0 saturated heterocycles. The zero-order valence-electron chi connectivity index (χ0n) is 14.9. The fraction of sp³-hybridized carbons (Fsp3) is 0.250. The summed E-state index contributed by atoms with van der Waals surface area (Å²) in [5, 5.41) is 5.50. The number of benzene rings is 2. The lowest BCUT2D eigenvalue weighted by atomic mass is 10.1. The van der Waals surface area contributed by atoms with E-state index < -0.39 is 11.9 Å². The van der Waals surface area contributed by atoms with Crippen LogP contribution >= 0.6 is 0 Å². The molecule has 2 aromatic carbocycles. The van der Waals surface area contributed by atoms with Gasteiger partial charge in [0.1, 0.15) is 12.4 Å². The molecule has 1 unspecified atom stereocenters. The van der Waals surface area contributed by atoms with E-state index in [0.717, 1.165) is 0 Å². The van der Waals surface area contributed by atoms with E-state index in [0.29, 0.717) is 29.3 Å². The average molecular weight is 368 g/mol. The molecule has 0 spiro atoms. The van der Waals surface area contributed by atoms with Crippen molar-refractivity contribution >= 4 is 29.2 Å². The van der Waals surface area contributed by atoms with Crippen LogP contribution in [0.1, 0.15) is 23.7 Å². The Morgan fingerprint density at radius 1 is 1.19 bits per heavy atom. The Balaban J connectivity index is 1.58. The number of amides is 2. The van der Waals surface area contributed by atoms with Crippen molar-refractivity contribution in [3.8, 4) is 5.75 Å². The van der Waals surface area contributed by atoms with Gasteiger partial charge in [-0.1, -0.05) is 12.1 Å². The molecule has 1 aliphatic rings. The number of esters is 1. The Labute approximate surface area is 156 Å².